The topological polar surface area (TPSA) is 54.7 Å². The van der Waals surface area contributed by atoms with Crippen molar-refractivity contribution in [3.8, 4) is 0 Å². The van der Waals surface area contributed by atoms with Crippen LogP contribution in [0.1, 0.15) is 39.9 Å². The lowest BCUT2D eigenvalue weighted by Gasteiger charge is -2.27. The van der Waals surface area contributed by atoms with E-state index in [1.54, 1.807) is 11.2 Å². The molecule has 6 heteroatoms. The van der Waals surface area contributed by atoms with Crippen molar-refractivity contribution in [3.63, 3.8) is 0 Å². The molecule has 0 fully saturated rings. The van der Waals surface area contributed by atoms with Crippen molar-refractivity contribution in [3.05, 3.63) is 22.6 Å². The summed E-state index contributed by atoms with van der Waals surface area (Å²) in [5, 5.41) is 3.26. The van der Waals surface area contributed by atoms with Crippen LogP contribution in [-0.2, 0) is 11.3 Å². The molecule has 1 N–H and O–H groups in total. The Balaban J connectivity index is 2.37. The molecule has 0 unspecified atom stereocenters. The van der Waals surface area contributed by atoms with Crippen LogP contribution in [0.15, 0.2) is 21.2 Å². The highest BCUT2D eigenvalue weighted by Crippen LogP contribution is 2.16. The predicted octanol–water partition coefficient (Wildman–Crippen LogP) is 3.78. The van der Waals surface area contributed by atoms with E-state index in [-0.39, 0.29) is 6.09 Å². The summed E-state index contributed by atoms with van der Waals surface area (Å²) >= 11 is 3.41. The fraction of sp³-hybridized carbons (Fsp3) is 0.667. The summed E-state index contributed by atoms with van der Waals surface area (Å²) in [5.74, 6) is 0.856. The summed E-state index contributed by atoms with van der Waals surface area (Å²) in [5.41, 5.74) is -0.463. The molecule has 0 radical (unpaired) electrons. The van der Waals surface area contributed by atoms with E-state index in [0.717, 1.165) is 16.7 Å². The van der Waals surface area contributed by atoms with Crippen LogP contribution >= 0.6 is 15.9 Å². The first-order valence-electron chi connectivity index (χ1n) is 7.24. The Morgan fingerprint density at radius 3 is 2.67 bits per heavy atom. The van der Waals surface area contributed by atoms with Crippen molar-refractivity contribution in [1.29, 1.82) is 0 Å². The van der Waals surface area contributed by atoms with Crippen molar-refractivity contribution in [2.45, 2.75) is 46.3 Å². The normalized spacial score (nSPS) is 11.5. The number of carbonyl (C=O) groups excluding carboxylic acids is 1. The zero-order valence-corrected chi connectivity index (χ0v) is 14.8. The van der Waals surface area contributed by atoms with E-state index >= 15 is 0 Å². The van der Waals surface area contributed by atoms with Crippen LogP contribution < -0.4 is 5.32 Å². The fourth-order valence-corrected chi connectivity index (χ4v) is 2.10. The predicted molar refractivity (Wildman–Crippen MR) is 86.2 cm³/mol. The van der Waals surface area contributed by atoms with Crippen LogP contribution in [0.2, 0.25) is 0 Å². The molecule has 1 aromatic rings. The first kappa shape index (κ1) is 18.0. The minimum atomic E-state index is -0.463. The van der Waals surface area contributed by atoms with Gasteiger partial charge in [0, 0.05) is 19.6 Å². The minimum Gasteiger partial charge on any atom is -0.467 e. The molecule has 120 valence electrons. The first-order valence-corrected chi connectivity index (χ1v) is 8.03. The number of nitrogens with zero attached hydrogens (tertiary/aromatic N) is 1. The van der Waals surface area contributed by atoms with Gasteiger partial charge < -0.3 is 19.4 Å². The Bertz CT molecular complexity index is 440. The van der Waals surface area contributed by atoms with Crippen LogP contribution in [0.25, 0.3) is 0 Å². The lowest BCUT2D eigenvalue weighted by Crippen LogP contribution is -2.40. The molecule has 0 aromatic carbocycles. The van der Waals surface area contributed by atoms with Crippen LogP contribution in [0.5, 0.6) is 0 Å². The number of hydrogen-bond donors (Lipinski definition) is 1. The molecule has 5 nitrogen and oxygen atoms in total. The van der Waals surface area contributed by atoms with Gasteiger partial charge in [-0.25, -0.2) is 4.79 Å². The molecule has 21 heavy (non-hydrogen) atoms. The largest absolute Gasteiger partial charge is 0.467 e. The number of carbonyl (C=O) groups is 1. The molecule has 1 aromatic heterocycles. The molecular weight excluding hydrogens is 336 g/mol. The molecular formula is C15H25BrN2O3. The summed E-state index contributed by atoms with van der Waals surface area (Å²) in [4.78, 5) is 13.8. The molecule has 1 heterocycles. The van der Waals surface area contributed by atoms with Crippen LogP contribution in [0.4, 0.5) is 4.79 Å². The van der Waals surface area contributed by atoms with E-state index in [2.05, 4.69) is 21.2 Å². The highest BCUT2D eigenvalue weighted by atomic mass is 79.9. The average molecular weight is 361 g/mol. The van der Waals surface area contributed by atoms with Crippen molar-refractivity contribution in [1.82, 2.24) is 10.2 Å². The molecule has 0 saturated carbocycles. The Labute approximate surface area is 135 Å². The molecule has 0 aliphatic heterocycles. The second-order valence-corrected chi connectivity index (χ2v) is 6.69. The van der Waals surface area contributed by atoms with Gasteiger partial charge in [-0.05, 0) is 49.2 Å². The van der Waals surface area contributed by atoms with Crippen molar-refractivity contribution >= 4 is 22.0 Å². The van der Waals surface area contributed by atoms with Gasteiger partial charge in [-0.2, -0.15) is 0 Å². The summed E-state index contributed by atoms with van der Waals surface area (Å²) in [6.45, 7) is 10.3. The number of nitrogens with one attached hydrogen (secondary N) is 1. The lowest BCUT2D eigenvalue weighted by molar-refractivity contribution is 0.0251. The maximum atomic E-state index is 12.1. The van der Waals surface area contributed by atoms with Gasteiger partial charge in [0.15, 0.2) is 0 Å². The van der Waals surface area contributed by atoms with Crippen molar-refractivity contribution < 1.29 is 13.9 Å². The van der Waals surface area contributed by atoms with E-state index in [4.69, 9.17) is 9.15 Å². The van der Waals surface area contributed by atoms with Gasteiger partial charge in [0.05, 0.1) is 17.3 Å². The summed E-state index contributed by atoms with van der Waals surface area (Å²) in [6, 6.07) is 1.86. The van der Waals surface area contributed by atoms with E-state index in [9.17, 15) is 4.79 Å². The zero-order chi connectivity index (χ0) is 15.9. The van der Waals surface area contributed by atoms with E-state index < -0.39 is 5.60 Å². The Hall–Kier alpha value is -1.01. The zero-order valence-electron chi connectivity index (χ0n) is 13.2. The Morgan fingerprint density at radius 2 is 2.14 bits per heavy atom. The van der Waals surface area contributed by atoms with Gasteiger partial charge in [-0.3, -0.25) is 0 Å². The number of hydrogen-bond acceptors (Lipinski definition) is 4. The molecule has 0 bridgehead atoms. The second-order valence-electron chi connectivity index (χ2n) is 5.84. The second kappa shape index (κ2) is 8.44. The monoisotopic (exact) mass is 360 g/mol. The summed E-state index contributed by atoms with van der Waals surface area (Å²) in [6.07, 6.45) is 2.29. The van der Waals surface area contributed by atoms with Crippen molar-refractivity contribution in [2.24, 2.45) is 0 Å². The van der Waals surface area contributed by atoms with E-state index in [1.807, 2.05) is 33.8 Å². The van der Waals surface area contributed by atoms with Gasteiger partial charge in [-0.15, -0.1) is 0 Å². The number of furan rings is 1. The smallest absolute Gasteiger partial charge is 0.410 e. The third-order valence-corrected chi connectivity index (χ3v) is 3.39. The highest BCUT2D eigenvalue weighted by molar-refractivity contribution is 9.10. The molecule has 1 amide bonds. The molecule has 0 spiro atoms. The van der Waals surface area contributed by atoms with Gasteiger partial charge in [0.1, 0.15) is 11.4 Å². The van der Waals surface area contributed by atoms with Gasteiger partial charge >= 0.3 is 6.09 Å². The summed E-state index contributed by atoms with van der Waals surface area (Å²) in [7, 11) is 0. The molecule has 1 rings (SSSR count). The standard InChI is InChI=1S/C15H25BrN2O3/c1-5-8-18(14(19)21-15(2,3)4)9-7-17-11-13-12(16)6-10-20-13/h6,10,17H,5,7-9,11H2,1-4H3. The molecule has 0 aliphatic carbocycles. The quantitative estimate of drug-likeness (QED) is 0.751. The number of rotatable bonds is 7. The maximum absolute atomic E-state index is 12.1. The van der Waals surface area contributed by atoms with Gasteiger partial charge in [-0.1, -0.05) is 6.92 Å². The highest BCUT2D eigenvalue weighted by Gasteiger charge is 2.21. The lowest BCUT2D eigenvalue weighted by atomic mass is 10.2. The first-order chi connectivity index (χ1) is 9.83. The molecule has 0 atom stereocenters. The van der Waals surface area contributed by atoms with E-state index in [1.165, 1.54) is 0 Å². The number of halogens is 1. The Kier molecular flexibility index (Phi) is 7.25. The fourth-order valence-electron chi connectivity index (χ4n) is 1.76. The number of ether oxygens (including phenoxy) is 1. The maximum Gasteiger partial charge on any atom is 0.410 e. The third-order valence-electron chi connectivity index (χ3n) is 2.68. The number of amides is 1. The van der Waals surface area contributed by atoms with Crippen LogP contribution in [-0.4, -0.2) is 36.2 Å². The van der Waals surface area contributed by atoms with Gasteiger partial charge in [0.25, 0.3) is 0 Å². The molecule has 0 aliphatic rings. The average Bonchev–Trinajstić information content (AvgIpc) is 2.76. The summed E-state index contributed by atoms with van der Waals surface area (Å²) < 4.78 is 11.7. The van der Waals surface area contributed by atoms with Crippen LogP contribution in [0, 0.1) is 0 Å². The molecule has 0 saturated heterocycles. The van der Waals surface area contributed by atoms with Gasteiger partial charge in [0.2, 0.25) is 0 Å². The third kappa shape index (κ3) is 7.00. The van der Waals surface area contributed by atoms with Crippen molar-refractivity contribution in [2.75, 3.05) is 19.6 Å². The van der Waals surface area contributed by atoms with Crippen LogP contribution in [0.3, 0.4) is 0 Å². The SMILES string of the molecule is CCCN(CCNCc1occc1Br)C(=O)OC(C)(C)C. The Morgan fingerprint density at radius 1 is 1.43 bits per heavy atom. The minimum absolute atomic E-state index is 0.259. The van der Waals surface area contributed by atoms with E-state index in [0.29, 0.717) is 26.2 Å².